The maximum absolute atomic E-state index is 11.9. The zero-order valence-corrected chi connectivity index (χ0v) is 12.7. The quantitative estimate of drug-likeness (QED) is 0.874. The van der Waals surface area contributed by atoms with Crippen molar-refractivity contribution in [3.05, 3.63) is 69.7 Å². The zero-order chi connectivity index (χ0) is 16.1. The van der Waals surface area contributed by atoms with Crippen molar-refractivity contribution in [1.82, 2.24) is 0 Å². The first-order valence-corrected chi connectivity index (χ1v) is 6.97. The highest BCUT2D eigenvalue weighted by Gasteiger charge is 2.05. The Morgan fingerprint density at radius 3 is 2.50 bits per heavy atom. The third-order valence-corrected chi connectivity index (χ3v) is 3.34. The van der Waals surface area contributed by atoms with Gasteiger partial charge in [-0.15, -0.1) is 0 Å². The predicted octanol–water partition coefficient (Wildman–Crippen LogP) is 3.01. The summed E-state index contributed by atoms with van der Waals surface area (Å²) in [6, 6.07) is 10.9. The first-order valence-electron chi connectivity index (χ1n) is 6.22. The Labute approximate surface area is 137 Å². The van der Waals surface area contributed by atoms with Gasteiger partial charge in [-0.25, -0.2) is 0 Å². The first-order chi connectivity index (χ1) is 10.5. The molecule has 0 aromatic heterocycles. The van der Waals surface area contributed by atoms with Crippen LogP contribution in [-0.4, -0.2) is 11.9 Å². The Morgan fingerprint density at radius 1 is 1.09 bits per heavy atom. The molecule has 0 aliphatic rings. The fraction of sp³-hybridized carbons (Fsp3) is 0. The highest BCUT2D eigenvalue weighted by molar-refractivity contribution is 6.35. The molecular weight excluding hydrogens is 325 g/mol. The number of hydrogen-bond acceptors (Lipinski definition) is 3. The summed E-state index contributed by atoms with van der Waals surface area (Å²) in [7, 11) is 0. The summed E-state index contributed by atoms with van der Waals surface area (Å²) >= 11 is 11.8. The highest BCUT2D eigenvalue weighted by Crippen LogP contribution is 2.22. The molecule has 112 valence electrons. The topological polar surface area (TPSA) is 69.2 Å². The van der Waals surface area contributed by atoms with Crippen LogP contribution < -0.4 is 10.4 Å². The van der Waals surface area contributed by atoms with Gasteiger partial charge >= 0.3 is 0 Å². The van der Waals surface area contributed by atoms with Crippen LogP contribution in [0.2, 0.25) is 10.0 Å². The Hall–Kier alpha value is -2.30. The van der Waals surface area contributed by atoms with E-state index >= 15 is 0 Å². The molecule has 0 atom stereocenters. The number of carbonyl (C=O) groups is 2. The van der Waals surface area contributed by atoms with E-state index in [1.807, 2.05) is 0 Å². The maximum atomic E-state index is 11.9. The van der Waals surface area contributed by atoms with Gasteiger partial charge in [0.25, 0.3) is 0 Å². The lowest BCUT2D eigenvalue weighted by molar-refractivity contribution is -0.254. The summed E-state index contributed by atoms with van der Waals surface area (Å²) in [6.07, 6.45) is 2.76. The van der Waals surface area contributed by atoms with Gasteiger partial charge in [0, 0.05) is 21.7 Å². The van der Waals surface area contributed by atoms with Crippen molar-refractivity contribution < 1.29 is 14.7 Å². The molecule has 0 bridgehead atoms. The summed E-state index contributed by atoms with van der Waals surface area (Å²) in [6.45, 7) is 0. The van der Waals surface area contributed by atoms with E-state index in [0.29, 0.717) is 15.6 Å². The van der Waals surface area contributed by atoms with E-state index in [4.69, 9.17) is 23.2 Å². The van der Waals surface area contributed by atoms with Crippen molar-refractivity contribution in [1.29, 1.82) is 0 Å². The van der Waals surface area contributed by atoms with Crippen molar-refractivity contribution in [2.45, 2.75) is 0 Å². The first kappa shape index (κ1) is 16.1. The van der Waals surface area contributed by atoms with Crippen LogP contribution in [0, 0.1) is 0 Å². The fourth-order valence-corrected chi connectivity index (χ4v) is 2.22. The van der Waals surface area contributed by atoms with E-state index in [2.05, 4.69) is 5.32 Å². The second-order valence-corrected chi connectivity index (χ2v) is 5.17. The Bertz CT molecular complexity index is 757. The molecule has 2 rings (SSSR count). The van der Waals surface area contributed by atoms with Gasteiger partial charge in [0.15, 0.2) is 0 Å². The Balaban J connectivity index is 2.13. The van der Waals surface area contributed by atoms with Crippen LogP contribution >= 0.6 is 23.2 Å². The second kappa shape index (κ2) is 7.11. The van der Waals surface area contributed by atoms with Crippen LogP contribution in [0.25, 0.3) is 6.08 Å². The molecule has 0 aliphatic heterocycles. The molecule has 22 heavy (non-hydrogen) atoms. The van der Waals surface area contributed by atoms with Crippen molar-refractivity contribution in [3.63, 3.8) is 0 Å². The number of rotatable bonds is 4. The Morgan fingerprint density at radius 2 is 1.82 bits per heavy atom. The number of halogens is 2. The molecule has 1 amide bonds. The van der Waals surface area contributed by atoms with E-state index in [1.54, 1.807) is 30.3 Å². The summed E-state index contributed by atoms with van der Waals surface area (Å²) in [5.41, 5.74) is 0.697. The number of amides is 1. The van der Waals surface area contributed by atoms with E-state index in [1.165, 1.54) is 24.3 Å². The standard InChI is InChI=1S/C16H11Cl2NO3/c17-11-7-5-10(13(18)9-11)6-8-15(20)19-14-4-2-1-3-12(14)16(21)22/h1-9H,(H,19,20)(H,21,22)/p-1/b8-6+. The summed E-state index contributed by atoms with van der Waals surface area (Å²) < 4.78 is 0. The van der Waals surface area contributed by atoms with Gasteiger partial charge in [0.1, 0.15) is 0 Å². The molecule has 0 saturated heterocycles. The van der Waals surface area contributed by atoms with Gasteiger partial charge in [-0.1, -0.05) is 47.5 Å². The Kier molecular flexibility index (Phi) is 5.20. The number of carboxylic acids is 1. The second-order valence-electron chi connectivity index (χ2n) is 4.32. The number of anilines is 1. The predicted molar refractivity (Wildman–Crippen MR) is 84.9 cm³/mol. The number of carboxylic acid groups (broad SMARTS) is 1. The van der Waals surface area contributed by atoms with E-state index in [9.17, 15) is 14.7 Å². The zero-order valence-electron chi connectivity index (χ0n) is 11.2. The highest BCUT2D eigenvalue weighted by atomic mass is 35.5. The van der Waals surface area contributed by atoms with E-state index in [-0.39, 0.29) is 11.3 Å². The monoisotopic (exact) mass is 334 g/mol. The molecule has 0 aliphatic carbocycles. The molecule has 0 spiro atoms. The number of benzene rings is 2. The van der Waals surface area contributed by atoms with Crippen LogP contribution in [0.1, 0.15) is 15.9 Å². The SMILES string of the molecule is O=C(/C=C/c1ccc(Cl)cc1Cl)Nc1ccccc1C(=O)[O-]. The lowest BCUT2D eigenvalue weighted by Gasteiger charge is -2.10. The van der Waals surface area contributed by atoms with Gasteiger partial charge in [0.05, 0.1) is 11.7 Å². The van der Waals surface area contributed by atoms with Crippen molar-refractivity contribution in [2.75, 3.05) is 5.32 Å². The summed E-state index contributed by atoms with van der Waals surface area (Å²) in [5, 5.41) is 14.3. The molecule has 0 heterocycles. The van der Waals surface area contributed by atoms with Crippen LogP contribution in [0.5, 0.6) is 0 Å². The van der Waals surface area contributed by atoms with Gasteiger partial charge in [-0.05, 0) is 29.8 Å². The van der Waals surface area contributed by atoms with Crippen LogP contribution in [0.15, 0.2) is 48.5 Å². The van der Waals surface area contributed by atoms with E-state index in [0.717, 1.165) is 0 Å². The number of para-hydroxylation sites is 1. The molecule has 2 aromatic carbocycles. The normalized spacial score (nSPS) is 10.6. The smallest absolute Gasteiger partial charge is 0.248 e. The van der Waals surface area contributed by atoms with Gasteiger partial charge in [0.2, 0.25) is 5.91 Å². The van der Waals surface area contributed by atoms with Crippen LogP contribution in [0.3, 0.4) is 0 Å². The lowest BCUT2D eigenvalue weighted by atomic mass is 10.1. The summed E-state index contributed by atoms with van der Waals surface area (Å²) in [4.78, 5) is 22.8. The molecule has 0 saturated carbocycles. The maximum Gasteiger partial charge on any atom is 0.248 e. The third kappa shape index (κ3) is 4.10. The van der Waals surface area contributed by atoms with Gasteiger partial charge in [-0.2, -0.15) is 0 Å². The molecule has 0 radical (unpaired) electrons. The third-order valence-electron chi connectivity index (χ3n) is 2.78. The molecular formula is C16H10Cl2NO3-. The molecule has 6 heteroatoms. The number of nitrogens with one attached hydrogen (secondary N) is 1. The van der Waals surface area contributed by atoms with Crippen molar-refractivity contribution in [2.24, 2.45) is 0 Å². The minimum Gasteiger partial charge on any atom is -0.545 e. The lowest BCUT2D eigenvalue weighted by Crippen LogP contribution is -2.24. The number of carbonyl (C=O) groups excluding carboxylic acids is 2. The van der Waals surface area contributed by atoms with Crippen LogP contribution in [0.4, 0.5) is 5.69 Å². The molecule has 1 N–H and O–H groups in total. The summed E-state index contributed by atoms with van der Waals surface area (Å²) in [5.74, 6) is -1.85. The van der Waals surface area contributed by atoms with Crippen molar-refractivity contribution in [3.8, 4) is 0 Å². The van der Waals surface area contributed by atoms with Gasteiger partial charge in [-0.3, -0.25) is 4.79 Å². The van der Waals surface area contributed by atoms with Crippen LogP contribution in [-0.2, 0) is 4.79 Å². The fourth-order valence-electron chi connectivity index (χ4n) is 1.75. The minimum absolute atomic E-state index is 0.0891. The number of aromatic carboxylic acids is 1. The molecule has 0 fully saturated rings. The molecule has 0 unspecified atom stereocenters. The average molecular weight is 335 g/mol. The molecule has 4 nitrogen and oxygen atoms in total. The minimum atomic E-state index is -1.36. The largest absolute Gasteiger partial charge is 0.545 e. The van der Waals surface area contributed by atoms with Crippen molar-refractivity contribution >= 4 is 46.8 Å². The molecule has 2 aromatic rings. The van der Waals surface area contributed by atoms with Gasteiger partial charge < -0.3 is 15.2 Å². The van der Waals surface area contributed by atoms with E-state index < -0.39 is 11.9 Å². The number of hydrogen-bond donors (Lipinski definition) is 1. The average Bonchev–Trinajstić information content (AvgIpc) is 2.46.